The van der Waals surface area contributed by atoms with E-state index in [1.807, 2.05) is 0 Å². The number of benzene rings is 2. The van der Waals surface area contributed by atoms with Crippen molar-refractivity contribution in [1.82, 2.24) is 9.97 Å². The molecule has 4 rings (SSSR count). The van der Waals surface area contributed by atoms with Crippen LogP contribution in [-0.4, -0.2) is 9.97 Å². The Morgan fingerprint density at radius 2 is 1.70 bits per heavy atom. The Morgan fingerprint density at radius 1 is 0.900 bits per heavy atom. The molecule has 0 amide bonds. The highest BCUT2D eigenvalue weighted by molar-refractivity contribution is 7.26. The van der Waals surface area contributed by atoms with Gasteiger partial charge >= 0.3 is 0 Å². The molecule has 0 aliphatic heterocycles. The Hall–Kier alpha value is -2.26. The van der Waals surface area contributed by atoms with Gasteiger partial charge in [0.05, 0.1) is 15.9 Å². The van der Waals surface area contributed by atoms with Crippen LogP contribution in [0.1, 0.15) is 5.56 Å². The molecule has 0 unspecified atom stereocenters. The van der Waals surface area contributed by atoms with Gasteiger partial charge in [0.1, 0.15) is 6.33 Å². The highest BCUT2D eigenvalue weighted by atomic mass is 32.1. The summed E-state index contributed by atoms with van der Waals surface area (Å²) in [5, 5.41) is 1.21. The maximum Gasteiger partial charge on any atom is 0.116 e. The van der Waals surface area contributed by atoms with Gasteiger partial charge in [-0.15, -0.1) is 11.3 Å². The molecule has 96 valence electrons. The molecule has 0 radical (unpaired) electrons. The van der Waals surface area contributed by atoms with Crippen molar-refractivity contribution in [2.75, 3.05) is 0 Å². The first kappa shape index (κ1) is 11.6. The molecule has 0 atom stereocenters. The number of aromatic nitrogens is 2. The van der Waals surface area contributed by atoms with Gasteiger partial charge in [0.25, 0.3) is 0 Å². The topological polar surface area (TPSA) is 25.8 Å². The Balaban J connectivity index is 2.07. The molecule has 0 fully saturated rings. The van der Waals surface area contributed by atoms with Crippen LogP contribution >= 0.6 is 11.3 Å². The minimum Gasteiger partial charge on any atom is -0.235 e. The van der Waals surface area contributed by atoms with Crippen molar-refractivity contribution in [3.05, 3.63) is 60.4 Å². The Kier molecular flexibility index (Phi) is 2.54. The molecule has 0 N–H and O–H groups in total. The largest absolute Gasteiger partial charge is 0.235 e. The fourth-order valence-corrected chi connectivity index (χ4v) is 3.61. The number of hydrogen-bond acceptors (Lipinski definition) is 3. The molecule has 0 bridgehead atoms. The second-order valence-electron chi connectivity index (χ2n) is 4.86. The van der Waals surface area contributed by atoms with E-state index >= 15 is 0 Å². The standard InChI is InChI=1S/C17H12N2S/c1-11-6-8-12(9-7-11)15-17-16(19-10-18-15)13-4-2-3-5-14(13)20-17/h2-10H,1H3. The zero-order chi connectivity index (χ0) is 13.5. The predicted octanol–water partition coefficient (Wildman–Crippen LogP) is 4.82. The van der Waals surface area contributed by atoms with Crippen LogP contribution in [0.4, 0.5) is 0 Å². The van der Waals surface area contributed by atoms with Crippen LogP contribution in [0.15, 0.2) is 54.9 Å². The summed E-state index contributed by atoms with van der Waals surface area (Å²) in [4.78, 5) is 8.97. The molecular weight excluding hydrogens is 264 g/mol. The van der Waals surface area contributed by atoms with Gasteiger partial charge in [0, 0.05) is 15.6 Å². The van der Waals surface area contributed by atoms with Crippen LogP contribution in [0.5, 0.6) is 0 Å². The van der Waals surface area contributed by atoms with Crippen LogP contribution in [0.2, 0.25) is 0 Å². The van der Waals surface area contributed by atoms with Crippen molar-refractivity contribution in [2.24, 2.45) is 0 Å². The molecule has 20 heavy (non-hydrogen) atoms. The second kappa shape index (κ2) is 4.39. The molecule has 0 saturated carbocycles. The molecular formula is C17H12N2S. The summed E-state index contributed by atoms with van der Waals surface area (Å²) in [7, 11) is 0. The number of rotatable bonds is 1. The van der Waals surface area contributed by atoms with E-state index < -0.39 is 0 Å². The first-order valence-corrected chi connectivity index (χ1v) is 7.34. The average Bonchev–Trinajstić information content (AvgIpc) is 2.87. The number of hydrogen-bond donors (Lipinski definition) is 0. The van der Waals surface area contributed by atoms with Crippen LogP contribution in [0.25, 0.3) is 31.6 Å². The van der Waals surface area contributed by atoms with E-state index in [1.165, 1.54) is 15.6 Å². The summed E-state index contributed by atoms with van der Waals surface area (Å²) in [5.41, 5.74) is 4.48. The second-order valence-corrected chi connectivity index (χ2v) is 5.92. The van der Waals surface area contributed by atoms with Gasteiger partial charge < -0.3 is 0 Å². The molecule has 2 nitrogen and oxygen atoms in total. The van der Waals surface area contributed by atoms with E-state index in [0.29, 0.717) is 0 Å². The third-order valence-electron chi connectivity index (χ3n) is 3.48. The number of fused-ring (bicyclic) bond motifs is 3. The average molecular weight is 276 g/mol. The van der Waals surface area contributed by atoms with Crippen molar-refractivity contribution in [1.29, 1.82) is 0 Å². The van der Waals surface area contributed by atoms with Gasteiger partial charge in [0.15, 0.2) is 0 Å². The molecule has 2 heterocycles. The first-order chi connectivity index (χ1) is 9.83. The van der Waals surface area contributed by atoms with Crippen LogP contribution in [0, 0.1) is 6.92 Å². The highest BCUT2D eigenvalue weighted by Crippen LogP contribution is 2.37. The smallest absolute Gasteiger partial charge is 0.116 e. The zero-order valence-electron chi connectivity index (χ0n) is 11.0. The van der Waals surface area contributed by atoms with E-state index in [2.05, 4.69) is 65.4 Å². The SMILES string of the molecule is Cc1ccc(-c2ncnc3c2sc2ccccc23)cc1. The molecule has 2 aromatic carbocycles. The van der Waals surface area contributed by atoms with E-state index in [9.17, 15) is 0 Å². The zero-order valence-corrected chi connectivity index (χ0v) is 11.8. The van der Waals surface area contributed by atoms with Crippen LogP contribution in [-0.2, 0) is 0 Å². The molecule has 0 saturated heterocycles. The molecule has 0 aliphatic carbocycles. The van der Waals surface area contributed by atoms with Crippen LogP contribution < -0.4 is 0 Å². The molecule has 2 aromatic heterocycles. The van der Waals surface area contributed by atoms with Gasteiger partial charge in [-0.2, -0.15) is 0 Å². The van der Waals surface area contributed by atoms with Gasteiger partial charge in [-0.25, -0.2) is 9.97 Å². The summed E-state index contributed by atoms with van der Waals surface area (Å²) < 4.78 is 2.42. The van der Waals surface area contributed by atoms with E-state index in [0.717, 1.165) is 21.5 Å². The lowest BCUT2D eigenvalue weighted by Crippen LogP contribution is -1.86. The number of nitrogens with zero attached hydrogens (tertiary/aromatic N) is 2. The summed E-state index contributed by atoms with van der Waals surface area (Å²) in [5.74, 6) is 0. The molecule has 3 heteroatoms. The summed E-state index contributed by atoms with van der Waals surface area (Å²) in [6, 6.07) is 16.9. The van der Waals surface area contributed by atoms with Crippen molar-refractivity contribution in [3.8, 4) is 11.3 Å². The lowest BCUT2D eigenvalue weighted by molar-refractivity contribution is 1.23. The van der Waals surface area contributed by atoms with Gasteiger partial charge in [-0.3, -0.25) is 0 Å². The third kappa shape index (κ3) is 1.71. The van der Waals surface area contributed by atoms with E-state index in [-0.39, 0.29) is 0 Å². The van der Waals surface area contributed by atoms with Gasteiger partial charge in [-0.1, -0.05) is 48.0 Å². The Morgan fingerprint density at radius 3 is 2.55 bits per heavy atom. The van der Waals surface area contributed by atoms with E-state index in [1.54, 1.807) is 17.7 Å². The molecule has 0 aliphatic rings. The lowest BCUT2D eigenvalue weighted by atomic mass is 10.1. The quantitative estimate of drug-likeness (QED) is 0.498. The van der Waals surface area contributed by atoms with Gasteiger partial charge in [-0.05, 0) is 13.0 Å². The number of thiophene rings is 1. The lowest BCUT2D eigenvalue weighted by Gasteiger charge is -2.02. The maximum atomic E-state index is 4.50. The highest BCUT2D eigenvalue weighted by Gasteiger charge is 2.11. The summed E-state index contributed by atoms with van der Waals surface area (Å²) in [6.07, 6.45) is 1.66. The first-order valence-electron chi connectivity index (χ1n) is 6.52. The third-order valence-corrected chi connectivity index (χ3v) is 4.65. The normalized spacial score (nSPS) is 11.2. The molecule has 4 aromatic rings. The van der Waals surface area contributed by atoms with Crippen molar-refractivity contribution < 1.29 is 0 Å². The minimum absolute atomic E-state index is 1.02. The van der Waals surface area contributed by atoms with Crippen molar-refractivity contribution >= 4 is 31.6 Å². The van der Waals surface area contributed by atoms with Crippen LogP contribution in [0.3, 0.4) is 0 Å². The number of aryl methyl sites for hydroxylation is 1. The monoisotopic (exact) mass is 276 g/mol. The van der Waals surface area contributed by atoms with E-state index in [4.69, 9.17) is 0 Å². The minimum atomic E-state index is 1.02. The summed E-state index contributed by atoms with van der Waals surface area (Å²) >= 11 is 1.76. The maximum absolute atomic E-state index is 4.50. The van der Waals surface area contributed by atoms with Crippen molar-refractivity contribution in [2.45, 2.75) is 6.92 Å². The fraction of sp³-hybridized carbons (Fsp3) is 0.0588. The Labute approximate surface area is 120 Å². The Bertz CT molecular complexity index is 907. The fourth-order valence-electron chi connectivity index (χ4n) is 2.44. The van der Waals surface area contributed by atoms with Crippen molar-refractivity contribution in [3.63, 3.8) is 0 Å². The summed E-state index contributed by atoms with van der Waals surface area (Å²) in [6.45, 7) is 2.10. The molecule has 0 spiro atoms. The van der Waals surface area contributed by atoms with Gasteiger partial charge in [0.2, 0.25) is 0 Å². The predicted molar refractivity (Wildman–Crippen MR) is 85.1 cm³/mol.